The molecule has 46 valence electrons. The summed E-state index contributed by atoms with van der Waals surface area (Å²) in [5.41, 5.74) is 0. The van der Waals surface area contributed by atoms with Crippen LogP contribution in [-0.4, -0.2) is 30.4 Å². The number of hydrogen-bond acceptors (Lipinski definition) is 3. The van der Waals surface area contributed by atoms with Gasteiger partial charge in [0.1, 0.15) is 0 Å². The van der Waals surface area contributed by atoms with Gasteiger partial charge >= 0.3 is 0 Å². The maximum atomic E-state index is 10.6. The van der Waals surface area contributed by atoms with Gasteiger partial charge in [-0.15, -0.1) is 0 Å². The quantitative estimate of drug-likeness (QED) is 0.497. The Labute approximate surface area is 53.0 Å². The highest BCUT2D eigenvalue weighted by molar-refractivity contribution is 8.00. The maximum Gasteiger partial charge on any atom is 0.156 e. The Morgan fingerprint density at radius 1 is 1.62 bits per heavy atom. The Morgan fingerprint density at radius 2 is 2.50 bits per heavy atom. The lowest BCUT2D eigenvalue weighted by Gasteiger charge is -1.90. The van der Waals surface area contributed by atoms with Crippen LogP contribution < -0.4 is 5.32 Å². The predicted molar refractivity (Wildman–Crippen MR) is 35.2 cm³/mol. The molecule has 2 nitrogen and oxygen atoms in total. The Morgan fingerprint density at radius 3 is 3.38 bits per heavy atom. The van der Waals surface area contributed by atoms with E-state index in [0.29, 0.717) is 18.1 Å². The van der Waals surface area contributed by atoms with Crippen LogP contribution in [0.3, 0.4) is 0 Å². The molecule has 0 saturated carbocycles. The van der Waals surface area contributed by atoms with Crippen LogP contribution in [0.15, 0.2) is 0 Å². The Hall–Kier alpha value is -0.0200. The van der Waals surface area contributed by atoms with Gasteiger partial charge in [0.2, 0.25) is 0 Å². The molecule has 0 unspecified atom stereocenters. The Bertz CT molecular complexity index is 84.4. The number of carbonyl (C=O) groups is 1. The SMILES string of the molecule is O=C1CNCCSC1. The molecule has 1 aliphatic heterocycles. The van der Waals surface area contributed by atoms with E-state index in [0.717, 1.165) is 12.3 Å². The molecule has 1 saturated heterocycles. The Balaban J connectivity index is 2.27. The molecule has 0 radical (unpaired) electrons. The van der Waals surface area contributed by atoms with Crippen LogP contribution in [0.25, 0.3) is 0 Å². The molecule has 0 spiro atoms. The van der Waals surface area contributed by atoms with E-state index in [2.05, 4.69) is 5.32 Å². The van der Waals surface area contributed by atoms with Crippen molar-refractivity contribution in [1.29, 1.82) is 0 Å². The molecule has 1 heterocycles. The van der Waals surface area contributed by atoms with Crippen molar-refractivity contribution >= 4 is 17.5 Å². The van der Waals surface area contributed by atoms with E-state index in [4.69, 9.17) is 0 Å². The number of ketones is 1. The van der Waals surface area contributed by atoms with Gasteiger partial charge in [0.05, 0.1) is 12.3 Å². The molecule has 0 aliphatic carbocycles. The highest BCUT2D eigenvalue weighted by Gasteiger charge is 2.04. The lowest BCUT2D eigenvalue weighted by atomic mass is 10.4. The summed E-state index contributed by atoms with van der Waals surface area (Å²) in [6.45, 7) is 1.56. The third-order valence-electron chi connectivity index (χ3n) is 1.01. The van der Waals surface area contributed by atoms with Crippen molar-refractivity contribution in [3.05, 3.63) is 0 Å². The second kappa shape index (κ2) is 3.10. The highest BCUT2D eigenvalue weighted by atomic mass is 32.2. The number of Topliss-reactive ketones (excluding diaryl/α,β-unsaturated/α-hetero) is 1. The molecule has 0 aromatic carbocycles. The zero-order chi connectivity index (χ0) is 5.82. The summed E-state index contributed by atoms with van der Waals surface area (Å²) in [6, 6.07) is 0. The van der Waals surface area contributed by atoms with E-state index < -0.39 is 0 Å². The van der Waals surface area contributed by atoms with Crippen molar-refractivity contribution in [2.75, 3.05) is 24.6 Å². The van der Waals surface area contributed by atoms with Crippen molar-refractivity contribution in [3.8, 4) is 0 Å². The molecule has 1 fully saturated rings. The summed E-state index contributed by atoms with van der Waals surface area (Å²) in [5, 5.41) is 3.03. The number of rotatable bonds is 0. The van der Waals surface area contributed by atoms with Crippen molar-refractivity contribution in [2.45, 2.75) is 0 Å². The van der Waals surface area contributed by atoms with E-state index in [-0.39, 0.29) is 0 Å². The van der Waals surface area contributed by atoms with Crippen LogP contribution in [0.4, 0.5) is 0 Å². The van der Waals surface area contributed by atoms with Gasteiger partial charge in [0.25, 0.3) is 0 Å². The van der Waals surface area contributed by atoms with Crippen molar-refractivity contribution in [2.24, 2.45) is 0 Å². The minimum Gasteiger partial charge on any atom is -0.309 e. The van der Waals surface area contributed by atoms with Crippen LogP contribution >= 0.6 is 11.8 Å². The largest absolute Gasteiger partial charge is 0.309 e. The summed E-state index contributed by atoms with van der Waals surface area (Å²) in [6.07, 6.45) is 0. The first-order chi connectivity index (χ1) is 3.89. The molecular weight excluding hydrogens is 122 g/mol. The zero-order valence-electron chi connectivity index (χ0n) is 4.64. The van der Waals surface area contributed by atoms with Crippen LogP contribution in [0.2, 0.25) is 0 Å². The number of carbonyl (C=O) groups excluding carboxylic acids is 1. The van der Waals surface area contributed by atoms with E-state index >= 15 is 0 Å². The molecule has 3 heteroatoms. The minimum atomic E-state index is 0.326. The molecule has 1 rings (SSSR count). The Kier molecular flexibility index (Phi) is 2.36. The normalized spacial score (nSPS) is 22.8. The second-order valence-corrected chi connectivity index (χ2v) is 2.87. The lowest BCUT2D eigenvalue weighted by molar-refractivity contribution is -0.115. The van der Waals surface area contributed by atoms with Crippen molar-refractivity contribution in [1.82, 2.24) is 5.32 Å². The van der Waals surface area contributed by atoms with Crippen LogP contribution in [0.1, 0.15) is 0 Å². The summed E-state index contributed by atoms with van der Waals surface area (Å²) < 4.78 is 0. The number of hydrogen-bond donors (Lipinski definition) is 1. The van der Waals surface area contributed by atoms with Crippen molar-refractivity contribution < 1.29 is 4.79 Å². The van der Waals surface area contributed by atoms with E-state index in [1.807, 2.05) is 0 Å². The van der Waals surface area contributed by atoms with Gasteiger partial charge in [-0.25, -0.2) is 0 Å². The van der Waals surface area contributed by atoms with Crippen LogP contribution in [0.5, 0.6) is 0 Å². The average Bonchev–Trinajstić information content (AvgIpc) is 1.94. The predicted octanol–water partition coefficient (Wildman–Crippen LogP) is -0.108. The van der Waals surface area contributed by atoms with Gasteiger partial charge in [-0.05, 0) is 0 Å². The lowest BCUT2D eigenvalue weighted by Crippen LogP contribution is -2.22. The van der Waals surface area contributed by atoms with Gasteiger partial charge in [-0.1, -0.05) is 0 Å². The number of nitrogens with one attached hydrogen (secondary N) is 1. The van der Waals surface area contributed by atoms with Gasteiger partial charge in [0.15, 0.2) is 5.78 Å². The zero-order valence-corrected chi connectivity index (χ0v) is 5.46. The minimum absolute atomic E-state index is 0.326. The first kappa shape index (κ1) is 6.11. The molecule has 0 aromatic heterocycles. The van der Waals surface area contributed by atoms with E-state index in [1.54, 1.807) is 11.8 Å². The van der Waals surface area contributed by atoms with Crippen LogP contribution in [-0.2, 0) is 4.79 Å². The fourth-order valence-electron chi connectivity index (χ4n) is 0.609. The van der Waals surface area contributed by atoms with E-state index in [1.165, 1.54) is 0 Å². The molecule has 0 bridgehead atoms. The fourth-order valence-corrected chi connectivity index (χ4v) is 1.37. The summed E-state index contributed by atoms with van der Waals surface area (Å²) in [5.74, 6) is 2.10. The van der Waals surface area contributed by atoms with Crippen LogP contribution in [0, 0.1) is 0 Å². The molecular formula is C5H9NOS. The second-order valence-electron chi connectivity index (χ2n) is 1.77. The topological polar surface area (TPSA) is 29.1 Å². The highest BCUT2D eigenvalue weighted by Crippen LogP contribution is 2.00. The first-order valence-electron chi connectivity index (χ1n) is 2.70. The molecule has 1 aliphatic rings. The van der Waals surface area contributed by atoms with Crippen molar-refractivity contribution in [3.63, 3.8) is 0 Å². The third-order valence-corrected chi connectivity index (χ3v) is 2.03. The van der Waals surface area contributed by atoms with Gasteiger partial charge in [-0.3, -0.25) is 4.79 Å². The fraction of sp³-hybridized carbons (Fsp3) is 0.800. The van der Waals surface area contributed by atoms with Gasteiger partial charge in [-0.2, -0.15) is 11.8 Å². The molecule has 0 aromatic rings. The molecule has 1 N–H and O–H groups in total. The van der Waals surface area contributed by atoms with Gasteiger partial charge < -0.3 is 5.32 Å². The average molecular weight is 131 g/mol. The number of thioether (sulfide) groups is 1. The standard InChI is InChI=1S/C5H9NOS/c7-5-3-6-1-2-8-4-5/h6H,1-4H2. The monoisotopic (exact) mass is 131 g/mol. The van der Waals surface area contributed by atoms with E-state index in [9.17, 15) is 4.79 Å². The summed E-state index contributed by atoms with van der Waals surface area (Å²) >= 11 is 1.71. The molecule has 8 heavy (non-hydrogen) atoms. The first-order valence-corrected chi connectivity index (χ1v) is 3.85. The molecule has 0 atom stereocenters. The smallest absolute Gasteiger partial charge is 0.156 e. The molecule has 0 amide bonds. The van der Waals surface area contributed by atoms with Gasteiger partial charge in [0, 0.05) is 12.3 Å². The summed E-state index contributed by atoms with van der Waals surface area (Å²) in [4.78, 5) is 10.6. The maximum absolute atomic E-state index is 10.6. The summed E-state index contributed by atoms with van der Waals surface area (Å²) in [7, 11) is 0. The third kappa shape index (κ3) is 1.84.